The highest BCUT2D eigenvalue weighted by Gasteiger charge is 2.10. The molecule has 0 atom stereocenters. The first-order valence-corrected chi connectivity index (χ1v) is 14.7. The van der Waals surface area contributed by atoms with Crippen LogP contribution in [0, 0.1) is 6.92 Å². The summed E-state index contributed by atoms with van der Waals surface area (Å²) in [4.78, 5) is 6.58. The number of benzene rings is 2. The largest absolute Gasteiger partial charge is 0.371 e. The van der Waals surface area contributed by atoms with Gasteiger partial charge in [0, 0.05) is 29.5 Å². The van der Waals surface area contributed by atoms with Crippen molar-refractivity contribution in [1.82, 2.24) is 0 Å². The molecule has 0 amide bonds. The first-order valence-electron chi connectivity index (χ1n) is 10.3. The van der Waals surface area contributed by atoms with Gasteiger partial charge in [-0.3, -0.25) is 13.4 Å². The number of anilines is 1. The molecule has 0 bridgehead atoms. The van der Waals surface area contributed by atoms with Crippen molar-refractivity contribution in [2.24, 2.45) is 4.99 Å². The summed E-state index contributed by atoms with van der Waals surface area (Å²) in [7, 11) is -6.98. The van der Waals surface area contributed by atoms with E-state index in [9.17, 15) is 16.8 Å². The molecule has 33 heavy (non-hydrogen) atoms. The number of aliphatic imine (C=N–C) groups is 1. The third-order valence-corrected chi connectivity index (χ3v) is 6.20. The van der Waals surface area contributed by atoms with E-state index in [0.29, 0.717) is 25.9 Å². The minimum absolute atomic E-state index is 0.0749. The van der Waals surface area contributed by atoms with Crippen molar-refractivity contribution in [3.8, 4) is 0 Å². The van der Waals surface area contributed by atoms with Crippen LogP contribution in [-0.4, -0.2) is 61.9 Å². The molecule has 0 aliphatic heterocycles. The molecule has 2 aromatic rings. The zero-order chi connectivity index (χ0) is 24.5. The molecular formula is C22H29BrN2O6S2. The summed E-state index contributed by atoms with van der Waals surface area (Å²) in [5.74, 6) is 0. The first-order chi connectivity index (χ1) is 15.4. The maximum Gasteiger partial charge on any atom is 0.264 e. The Morgan fingerprint density at radius 2 is 1.55 bits per heavy atom. The molecule has 0 saturated heterocycles. The van der Waals surface area contributed by atoms with Crippen molar-refractivity contribution < 1.29 is 25.2 Å². The highest BCUT2D eigenvalue weighted by molar-refractivity contribution is 9.10. The van der Waals surface area contributed by atoms with Crippen molar-refractivity contribution >= 4 is 53.8 Å². The predicted octanol–water partition coefficient (Wildman–Crippen LogP) is 4.05. The summed E-state index contributed by atoms with van der Waals surface area (Å²) in [5.41, 5.74) is 3.77. The fourth-order valence-corrected chi connectivity index (χ4v) is 4.23. The van der Waals surface area contributed by atoms with Gasteiger partial charge in [-0.2, -0.15) is 16.8 Å². The number of halogens is 1. The molecule has 0 saturated carbocycles. The average molecular weight is 562 g/mol. The smallest absolute Gasteiger partial charge is 0.264 e. The molecule has 2 rings (SSSR count). The lowest BCUT2D eigenvalue weighted by molar-refractivity contribution is 0.310. The van der Waals surface area contributed by atoms with E-state index >= 15 is 0 Å². The number of aryl methyl sites for hydroxylation is 1. The molecule has 0 fully saturated rings. The van der Waals surface area contributed by atoms with E-state index in [0.717, 1.165) is 39.5 Å². The molecule has 0 aliphatic carbocycles. The van der Waals surface area contributed by atoms with Crippen LogP contribution in [0.5, 0.6) is 0 Å². The lowest BCUT2D eigenvalue weighted by atomic mass is 10.1. The topological polar surface area (TPSA) is 102 Å². The van der Waals surface area contributed by atoms with Crippen LogP contribution in [0.2, 0.25) is 0 Å². The summed E-state index contributed by atoms with van der Waals surface area (Å²) in [6.45, 7) is 3.22. The molecule has 0 unspecified atom stereocenters. The maximum atomic E-state index is 11.2. The molecule has 0 N–H and O–H groups in total. The van der Waals surface area contributed by atoms with Crippen LogP contribution in [0.1, 0.15) is 24.0 Å². The zero-order valence-electron chi connectivity index (χ0n) is 18.9. The van der Waals surface area contributed by atoms with Gasteiger partial charge < -0.3 is 4.90 Å². The Morgan fingerprint density at radius 1 is 0.939 bits per heavy atom. The van der Waals surface area contributed by atoms with Crippen LogP contribution < -0.4 is 4.90 Å². The molecule has 8 nitrogen and oxygen atoms in total. The third kappa shape index (κ3) is 11.3. The van der Waals surface area contributed by atoms with Gasteiger partial charge in [0.05, 0.1) is 31.4 Å². The van der Waals surface area contributed by atoms with Crippen molar-refractivity contribution in [2.45, 2.75) is 19.8 Å². The lowest BCUT2D eigenvalue weighted by Gasteiger charge is -2.25. The minimum Gasteiger partial charge on any atom is -0.371 e. The van der Waals surface area contributed by atoms with E-state index in [2.05, 4.69) is 25.8 Å². The van der Waals surface area contributed by atoms with E-state index in [1.54, 1.807) is 0 Å². The van der Waals surface area contributed by atoms with E-state index in [1.165, 1.54) is 0 Å². The Kier molecular flexibility index (Phi) is 10.5. The monoisotopic (exact) mass is 560 g/mol. The molecule has 0 spiro atoms. The van der Waals surface area contributed by atoms with Crippen LogP contribution in [0.15, 0.2) is 51.9 Å². The second kappa shape index (κ2) is 12.6. The molecule has 0 aromatic heterocycles. The predicted molar refractivity (Wildman–Crippen MR) is 136 cm³/mol. The quantitative estimate of drug-likeness (QED) is 0.207. The SMILES string of the molecule is Cc1cc(N(CCCOS(C)(=O)=O)CCCOS(C)(=O)=O)ccc1C=Nc1cccc(Br)c1. The Hall–Kier alpha value is -1.79. The van der Waals surface area contributed by atoms with E-state index < -0.39 is 20.2 Å². The Morgan fingerprint density at radius 3 is 2.06 bits per heavy atom. The van der Waals surface area contributed by atoms with Crippen molar-refractivity contribution in [2.75, 3.05) is 43.7 Å². The van der Waals surface area contributed by atoms with Gasteiger partial charge in [-0.15, -0.1) is 0 Å². The zero-order valence-corrected chi connectivity index (χ0v) is 22.1. The molecule has 0 aliphatic rings. The van der Waals surface area contributed by atoms with Crippen molar-refractivity contribution in [3.05, 3.63) is 58.1 Å². The molecule has 11 heteroatoms. The van der Waals surface area contributed by atoms with Gasteiger partial charge in [0.2, 0.25) is 0 Å². The van der Waals surface area contributed by atoms with Gasteiger partial charge in [0.25, 0.3) is 20.2 Å². The summed E-state index contributed by atoms with van der Waals surface area (Å²) in [5, 5.41) is 0. The number of rotatable bonds is 13. The fraction of sp³-hybridized carbons (Fsp3) is 0.409. The van der Waals surface area contributed by atoms with Crippen molar-refractivity contribution in [1.29, 1.82) is 0 Å². The van der Waals surface area contributed by atoms with Gasteiger partial charge in [-0.25, -0.2) is 0 Å². The molecule has 2 aromatic carbocycles. The van der Waals surface area contributed by atoms with Crippen LogP contribution in [0.4, 0.5) is 11.4 Å². The number of nitrogens with zero attached hydrogens (tertiary/aromatic N) is 2. The summed E-state index contributed by atoms with van der Waals surface area (Å²) in [6.07, 6.45) is 4.83. The fourth-order valence-electron chi connectivity index (χ4n) is 3.00. The molecule has 0 heterocycles. The minimum atomic E-state index is -3.49. The first kappa shape index (κ1) is 27.5. The standard InChI is InChI=1S/C22H29BrN2O6S2/c1-18-15-22(10-9-19(18)17-24-21-8-4-7-20(23)16-21)25(11-5-13-30-32(2,26)27)12-6-14-31-33(3,28)29/h4,7-10,15-17H,5-6,11-14H2,1-3H3. The Balaban J connectivity index is 2.10. The summed E-state index contributed by atoms with van der Waals surface area (Å²) in [6, 6.07) is 13.7. The van der Waals surface area contributed by atoms with Gasteiger partial charge in [-0.05, 0) is 61.2 Å². The Labute approximate surface area is 205 Å². The van der Waals surface area contributed by atoms with Crippen LogP contribution in [0.25, 0.3) is 0 Å². The normalized spacial score (nSPS) is 12.4. The van der Waals surface area contributed by atoms with Crippen LogP contribution in [-0.2, 0) is 28.6 Å². The van der Waals surface area contributed by atoms with E-state index in [-0.39, 0.29) is 13.2 Å². The molecular weight excluding hydrogens is 532 g/mol. The second-order valence-electron chi connectivity index (χ2n) is 7.53. The van der Waals surface area contributed by atoms with E-state index in [1.807, 2.05) is 55.6 Å². The molecule has 182 valence electrons. The second-order valence-corrected chi connectivity index (χ2v) is 11.7. The third-order valence-electron chi connectivity index (χ3n) is 4.52. The van der Waals surface area contributed by atoms with E-state index in [4.69, 9.17) is 8.37 Å². The van der Waals surface area contributed by atoms with Gasteiger partial charge in [0.15, 0.2) is 0 Å². The van der Waals surface area contributed by atoms with Crippen molar-refractivity contribution in [3.63, 3.8) is 0 Å². The summed E-state index contributed by atoms with van der Waals surface area (Å²) < 4.78 is 55.4. The average Bonchev–Trinajstić information content (AvgIpc) is 2.70. The van der Waals surface area contributed by atoms with Crippen LogP contribution in [0.3, 0.4) is 0 Å². The summed E-state index contributed by atoms with van der Waals surface area (Å²) >= 11 is 3.44. The van der Waals surface area contributed by atoms with Crippen LogP contribution >= 0.6 is 15.9 Å². The molecule has 0 radical (unpaired) electrons. The van der Waals surface area contributed by atoms with Gasteiger partial charge >= 0.3 is 0 Å². The van der Waals surface area contributed by atoms with Gasteiger partial charge in [0.1, 0.15) is 0 Å². The maximum absolute atomic E-state index is 11.2. The highest BCUT2D eigenvalue weighted by Crippen LogP contribution is 2.22. The van der Waals surface area contributed by atoms with Gasteiger partial charge in [-0.1, -0.05) is 28.1 Å². The Bertz CT molecular complexity index is 1130. The number of hydrogen-bond acceptors (Lipinski definition) is 8. The number of hydrogen-bond donors (Lipinski definition) is 0. The highest BCUT2D eigenvalue weighted by atomic mass is 79.9. The lowest BCUT2D eigenvalue weighted by Crippen LogP contribution is -2.28.